The molecule has 0 aromatic rings. The molecule has 2 rings (SSSR count). The molecule has 0 aromatic heterocycles. The van der Waals surface area contributed by atoms with Gasteiger partial charge in [-0.15, -0.1) is 0 Å². The molecule has 0 saturated heterocycles. The molecule has 3 nitrogen and oxygen atoms in total. The van der Waals surface area contributed by atoms with E-state index in [0.29, 0.717) is 5.41 Å². The second kappa shape index (κ2) is 6.80. The molecule has 0 radical (unpaired) electrons. The van der Waals surface area contributed by atoms with Gasteiger partial charge in [0.25, 0.3) is 0 Å². The zero-order valence-corrected chi connectivity index (χ0v) is 12.7. The van der Waals surface area contributed by atoms with Gasteiger partial charge in [-0.2, -0.15) is 0 Å². The van der Waals surface area contributed by atoms with Gasteiger partial charge in [0, 0.05) is 25.4 Å². The Hall–Kier alpha value is -0.220. The van der Waals surface area contributed by atoms with Gasteiger partial charge in [-0.25, -0.2) is 0 Å². The lowest BCUT2D eigenvalue weighted by Crippen LogP contribution is -2.38. The zero-order chi connectivity index (χ0) is 12.8. The van der Waals surface area contributed by atoms with E-state index in [9.17, 15) is 0 Å². The summed E-state index contributed by atoms with van der Waals surface area (Å²) in [6.07, 6.45) is 7.07. The number of nitrogens with one attached hydrogen (secondary N) is 1. The summed E-state index contributed by atoms with van der Waals surface area (Å²) in [4.78, 5) is 7.10. The molecule has 0 atom stereocenters. The van der Waals surface area contributed by atoms with Gasteiger partial charge in [0.1, 0.15) is 0 Å². The Bertz CT molecular complexity index is 285. The van der Waals surface area contributed by atoms with E-state index in [4.69, 9.17) is 4.99 Å². The van der Waals surface area contributed by atoms with Gasteiger partial charge >= 0.3 is 0 Å². The summed E-state index contributed by atoms with van der Waals surface area (Å²) in [5.74, 6) is 1.28. The van der Waals surface area contributed by atoms with Crippen molar-refractivity contribution >= 4 is 16.9 Å². The fourth-order valence-electron chi connectivity index (χ4n) is 2.78. The lowest BCUT2D eigenvalue weighted by molar-refractivity contribution is 0.232. The average molecular weight is 269 g/mol. The van der Waals surface area contributed by atoms with Crippen LogP contribution >= 0.6 is 11.8 Å². The van der Waals surface area contributed by atoms with E-state index < -0.39 is 0 Å². The molecule has 1 N–H and O–H groups in total. The van der Waals surface area contributed by atoms with Crippen molar-refractivity contribution in [1.82, 2.24) is 10.2 Å². The second-order valence-corrected chi connectivity index (χ2v) is 6.76. The quantitative estimate of drug-likeness (QED) is 0.850. The molecule has 1 spiro atoms. The van der Waals surface area contributed by atoms with Crippen LogP contribution in [-0.4, -0.2) is 49.0 Å². The van der Waals surface area contributed by atoms with E-state index in [0.717, 1.165) is 26.2 Å². The van der Waals surface area contributed by atoms with Crippen LogP contribution in [0.1, 0.15) is 39.0 Å². The van der Waals surface area contributed by atoms with Gasteiger partial charge in [0.05, 0.1) is 0 Å². The third-order valence-electron chi connectivity index (χ3n) is 4.30. The van der Waals surface area contributed by atoms with Crippen LogP contribution < -0.4 is 5.32 Å². The molecule has 18 heavy (non-hydrogen) atoms. The minimum Gasteiger partial charge on any atom is -0.364 e. The number of likely N-dealkylation sites (N-methyl/N-ethyl adjacent to an activating group) is 1. The predicted molar refractivity (Wildman–Crippen MR) is 81.5 cm³/mol. The maximum atomic E-state index is 4.78. The van der Waals surface area contributed by atoms with Crippen LogP contribution in [0.25, 0.3) is 0 Å². The molecule has 1 aliphatic heterocycles. The van der Waals surface area contributed by atoms with Crippen molar-refractivity contribution in [3.05, 3.63) is 0 Å². The van der Waals surface area contributed by atoms with E-state index in [1.807, 2.05) is 11.8 Å². The minimum absolute atomic E-state index is 0.550. The van der Waals surface area contributed by atoms with Gasteiger partial charge in [0.15, 0.2) is 5.17 Å². The van der Waals surface area contributed by atoms with Crippen molar-refractivity contribution < 1.29 is 0 Å². The van der Waals surface area contributed by atoms with E-state index in [1.165, 1.54) is 43.0 Å². The average Bonchev–Trinajstić information content (AvgIpc) is 2.42. The van der Waals surface area contributed by atoms with Crippen LogP contribution in [-0.2, 0) is 0 Å². The maximum absolute atomic E-state index is 4.78. The van der Waals surface area contributed by atoms with Gasteiger partial charge in [0.2, 0.25) is 0 Å². The van der Waals surface area contributed by atoms with Crippen LogP contribution in [0, 0.1) is 5.41 Å². The topological polar surface area (TPSA) is 27.6 Å². The molecule has 104 valence electrons. The third-order valence-corrected chi connectivity index (χ3v) is 5.60. The molecule has 0 amide bonds. The molecule has 2 aliphatic rings. The number of amidine groups is 1. The Morgan fingerprint density at radius 2 is 2.11 bits per heavy atom. The van der Waals surface area contributed by atoms with Crippen molar-refractivity contribution in [2.45, 2.75) is 39.0 Å². The number of hydrogen-bond acceptors (Lipinski definition) is 4. The Labute approximate surface area is 116 Å². The first-order valence-corrected chi connectivity index (χ1v) is 8.32. The second-order valence-electron chi connectivity index (χ2n) is 5.79. The Morgan fingerprint density at radius 3 is 2.72 bits per heavy atom. The molecule has 1 fully saturated rings. The Kier molecular flexibility index (Phi) is 5.37. The van der Waals surface area contributed by atoms with Crippen molar-refractivity contribution in [3.63, 3.8) is 0 Å². The molecule has 1 aliphatic carbocycles. The normalized spacial score (nSPS) is 23.2. The third kappa shape index (κ3) is 3.89. The Morgan fingerprint density at radius 1 is 1.33 bits per heavy atom. The SMILES string of the molecule is CCN(C)CCNC1=NCC2(CCCCC2)CS1. The fraction of sp³-hybridized carbons (Fsp3) is 0.929. The Balaban J connectivity index is 1.72. The summed E-state index contributed by atoms with van der Waals surface area (Å²) in [6, 6.07) is 0. The first kappa shape index (κ1) is 14.2. The van der Waals surface area contributed by atoms with Gasteiger partial charge in [-0.05, 0) is 31.8 Å². The molecule has 0 unspecified atom stereocenters. The summed E-state index contributed by atoms with van der Waals surface area (Å²) in [5, 5.41) is 4.66. The molecule has 1 saturated carbocycles. The van der Waals surface area contributed by atoms with E-state index in [1.54, 1.807) is 0 Å². The summed E-state index contributed by atoms with van der Waals surface area (Å²) in [5.41, 5.74) is 0.550. The van der Waals surface area contributed by atoms with Crippen LogP contribution in [0.15, 0.2) is 4.99 Å². The highest BCUT2D eigenvalue weighted by atomic mass is 32.2. The van der Waals surface area contributed by atoms with E-state index in [2.05, 4.69) is 24.2 Å². The molecule has 4 heteroatoms. The molecule has 0 aromatic carbocycles. The van der Waals surface area contributed by atoms with E-state index >= 15 is 0 Å². The number of nitrogens with zero attached hydrogens (tertiary/aromatic N) is 2. The highest BCUT2D eigenvalue weighted by molar-refractivity contribution is 8.13. The summed E-state index contributed by atoms with van der Waals surface area (Å²) < 4.78 is 0. The standard InChI is InChI=1S/C14H27N3S/c1-3-17(2)10-9-15-13-16-11-14(12-18-13)7-5-4-6-8-14/h3-12H2,1-2H3,(H,15,16). The number of thioether (sulfide) groups is 1. The maximum Gasteiger partial charge on any atom is 0.156 e. The number of aliphatic imine (C=N–C) groups is 1. The fourth-order valence-corrected chi connectivity index (χ4v) is 3.96. The smallest absolute Gasteiger partial charge is 0.156 e. The van der Waals surface area contributed by atoms with Crippen LogP contribution in [0.3, 0.4) is 0 Å². The first-order valence-electron chi connectivity index (χ1n) is 7.34. The summed E-state index contributed by atoms with van der Waals surface area (Å²) in [7, 11) is 2.16. The lowest BCUT2D eigenvalue weighted by Gasteiger charge is -2.38. The van der Waals surface area contributed by atoms with Crippen molar-refractivity contribution in [3.8, 4) is 0 Å². The van der Waals surface area contributed by atoms with Gasteiger partial charge in [-0.3, -0.25) is 4.99 Å². The van der Waals surface area contributed by atoms with Crippen molar-refractivity contribution in [2.75, 3.05) is 39.0 Å². The highest BCUT2D eigenvalue weighted by Crippen LogP contribution is 2.41. The molecule has 0 bridgehead atoms. The number of rotatable bonds is 4. The van der Waals surface area contributed by atoms with Crippen LogP contribution in [0.4, 0.5) is 0 Å². The summed E-state index contributed by atoms with van der Waals surface area (Å²) >= 11 is 1.95. The molecular weight excluding hydrogens is 242 g/mol. The highest BCUT2D eigenvalue weighted by Gasteiger charge is 2.34. The van der Waals surface area contributed by atoms with Crippen molar-refractivity contribution in [1.29, 1.82) is 0 Å². The monoisotopic (exact) mass is 269 g/mol. The van der Waals surface area contributed by atoms with E-state index in [-0.39, 0.29) is 0 Å². The lowest BCUT2D eigenvalue weighted by atomic mass is 9.75. The zero-order valence-electron chi connectivity index (χ0n) is 11.9. The molecule has 1 heterocycles. The first-order chi connectivity index (χ1) is 8.74. The van der Waals surface area contributed by atoms with Crippen LogP contribution in [0.5, 0.6) is 0 Å². The summed E-state index contributed by atoms with van der Waals surface area (Å²) in [6.45, 7) is 6.49. The van der Waals surface area contributed by atoms with Crippen LogP contribution in [0.2, 0.25) is 0 Å². The molecular formula is C14H27N3S. The predicted octanol–water partition coefficient (Wildman–Crippen LogP) is 2.58. The van der Waals surface area contributed by atoms with Gasteiger partial charge < -0.3 is 10.2 Å². The van der Waals surface area contributed by atoms with Crippen molar-refractivity contribution in [2.24, 2.45) is 10.4 Å². The largest absolute Gasteiger partial charge is 0.364 e. The minimum atomic E-state index is 0.550. The number of hydrogen-bond donors (Lipinski definition) is 1. The van der Waals surface area contributed by atoms with Gasteiger partial charge in [-0.1, -0.05) is 37.9 Å².